The number of hydrogen-bond acceptors (Lipinski definition) is 1. The van der Waals surface area contributed by atoms with Crippen LogP contribution in [0.5, 0.6) is 0 Å². The summed E-state index contributed by atoms with van der Waals surface area (Å²) in [7, 11) is 0. The van der Waals surface area contributed by atoms with Crippen molar-refractivity contribution < 1.29 is 0 Å². The number of nitrogens with zero attached hydrogens (tertiary/aromatic N) is 1. The molecular weight excluding hydrogens is 252 g/mol. The van der Waals surface area contributed by atoms with E-state index in [1.165, 1.54) is 11.3 Å². The molecule has 2 aromatic rings. The first-order valence-electron chi connectivity index (χ1n) is 4.79. The number of nitrogen functional groups attached to an aromatic ring is 1. The standard InChI is InChI=1S/C12H13BrN2/c1-8-5-9(2)15(7-8)12-6-10(13)3-4-11(12)14/h3-7H,14H2,1-2H3. The Hall–Kier alpha value is -1.22. The topological polar surface area (TPSA) is 30.9 Å². The molecule has 0 atom stereocenters. The van der Waals surface area contributed by atoms with Crippen LogP contribution < -0.4 is 5.73 Å². The number of aryl methyl sites for hydroxylation is 2. The molecule has 15 heavy (non-hydrogen) atoms. The average Bonchev–Trinajstić information content (AvgIpc) is 2.50. The lowest BCUT2D eigenvalue weighted by molar-refractivity contribution is 1.01. The van der Waals surface area contributed by atoms with Crippen LogP contribution >= 0.6 is 15.9 Å². The molecule has 0 aliphatic heterocycles. The number of anilines is 1. The van der Waals surface area contributed by atoms with E-state index in [4.69, 9.17) is 5.73 Å². The summed E-state index contributed by atoms with van der Waals surface area (Å²) in [6.07, 6.45) is 2.09. The number of halogens is 1. The van der Waals surface area contributed by atoms with Crippen LogP contribution in [0.2, 0.25) is 0 Å². The van der Waals surface area contributed by atoms with Crippen molar-refractivity contribution in [1.82, 2.24) is 4.57 Å². The summed E-state index contributed by atoms with van der Waals surface area (Å²) < 4.78 is 3.15. The molecule has 1 heterocycles. The van der Waals surface area contributed by atoms with Crippen LogP contribution in [0.4, 0.5) is 5.69 Å². The summed E-state index contributed by atoms with van der Waals surface area (Å²) in [6.45, 7) is 4.16. The van der Waals surface area contributed by atoms with E-state index in [2.05, 4.69) is 46.6 Å². The fourth-order valence-corrected chi connectivity index (χ4v) is 2.08. The van der Waals surface area contributed by atoms with Crippen LogP contribution in [-0.2, 0) is 0 Å². The van der Waals surface area contributed by atoms with Gasteiger partial charge in [0.05, 0.1) is 11.4 Å². The number of rotatable bonds is 1. The molecule has 0 radical (unpaired) electrons. The van der Waals surface area contributed by atoms with Gasteiger partial charge in [0.1, 0.15) is 0 Å². The second kappa shape index (κ2) is 3.74. The van der Waals surface area contributed by atoms with Gasteiger partial charge >= 0.3 is 0 Å². The van der Waals surface area contributed by atoms with Gasteiger partial charge in [-0.2, -0.15) is 0 Å². The van der Waals surface area contributed by atoms with Crippen molar-refractivity contribution >= 4 is 21.6 Å². The third kappa shape index (κ3) is 1.92. The van der Waals surface area contributed by atoms with Crippen molar-refractivity contribution in [3.05, 3.63) is 46.2 Å². The lowest BCUT2D eigenvalue weighted by Gasteiger charge is -2.09. The molecule has 2 N–H and O–H groups in total. The normalized spacial score (nSPS) is 10.6. The van der Waals surface area contributed by atoms with Crippen molar-refractivity contribution in [2.75, 3.05) is 5.73 Å². The molecule has 0 aliphatic rings. The highest BCUT2D eigenvalue weighted by atomic mass is 79.9. The first-order chi connectivity index (χ1) is 7.08. The highest BCUT2D eigenvalue weighted by Gasteiger charge is 2.05. The number of nitrogens with two attached hydrogens (primary N) is 1. The Kier molecular flexibility index (Phi) is 2.57. The van der Waals surface area contributed by atoms with Gasteiger partial charge in [0, 0.05) is 16.4 Å². The van der Waals surface area contributed by atoms with E-state index in [1.807, 2.05) is 18.2 Å². The van der Waals surface area contributed by atoms with Crippen LogP contribution in [0.15, 0.2) is 34.9 Å². The van der Waals surface area contributed by atoms with E-state index in [9.17, 15) is 0 Å². The van der Waals surface area contributed by atoms with Gasteiger partial charge in [0.15, 0.2) is 0 Å². The zero-order chi connectivity index (χ0) is 11.0. The van der Waals surface area contributed by atoms with Gasteiger partial charge in [-0.3, -0.25) is 0 Å². The van der Waals surface area contributed by atoms with Crippen LogP contribution in [0, 0.1) is 13.8 Å². The molecule has 0 amide bonds. The minimum atomic E-state index is 0.789. The Morgan fingerprint density at radius 3 is 2.53 bits per heavy atom. The molecule has 2 nitrogen and oxygen atoms in total. The summed E-state index contributed by atoms with van der Waals surface area (Å²) in [5.74, 6) is 0. The molecule has 0 saturated carbocycles. The van der Waals surface area contributed by atoms with Gasteiger partial charge in [0.25, 0.3) is 0 Å². The first kappa shape index (κ1) is 10.3. The molecule has 0 fully saturated rings. The molecule has 3 heteroatoms. The van der Waals surface area contributed by atoms with Crippen LogP contribution in [-0.4, -0.2) is 4.57 Å². The Morgan fingerprint density at radius 1 is 1.20 bits per heavy atom. The molecule has 0 bridgehead atoms. The molecule has 0 spiro atoms. The smallest absolute Gasteiger partial charge is 0.0694 e. The molecule has 0 unspecified atom stereocenters. The maximum atomic E-state index is 5.96. The van der Waals surface area contributed by atoms with Crippen molar-refractivity contribution in [1.29, 1.82) is 0 Å². The molecule has 1 aromatic carbocycles. The fourth-order valence-electron chi connectivity index (χ4n) is 1.73. The Balaban J connectivity index is 2.62. The van der Waals surface area contributed by atoms with Gasteiger partial charge in [-0.25, -0.2) is 0 Å². The zero-order valence-electron chi connectivity index (χ0n) is 8.79. The van der Waals surface area contributed by atoms with Gasteiger partial charge in [0.2, 0.25) is 0 Å². The Labute approximate surface area is 97.8 Å². The predicted octanol–water partition coefficient (Wildman–Crippen LogP) is 3.44. The van der Waals surface area contributed by atoms with Crippen molar-refractivity contribution in [2.45, 2.75) is 13.8 Å². The van der Waals surface area contributed by atoms with E-state index >= 15 is 0 Å². The second-order valence-corrected chi connectivity index (χ2v) is 4.65. The van der Waals surface area contributed by atoms with E-state index in [1.54, 1.807) is 0 Å². The summed E-state index contributed by atoms with van der Waals surface area (Å²) in [4.78, 5) is 0. The Morgan fingerprint density at radius 2 is 1.93 bits per heavy atom. The van der Waals surface area contributed by atoms with Gasteiger partial charge < -0.3 is 10.3 Å². The summed E-state index contributed by atoms with van der Waals surface area (Å²) >= 11 is 3.46. The van der Waals surface area contributed by atoms with E-state index in [0.29, 0.717) is 0 Å². The summed E-state index contributed by atoms with van der Waals surface area (Å²) in [5.41, 5.74) is 10.2. The molecular formula is C12H13BrN2. The van der Waals surface area contributed by atoms with Gasteiger partial charge in [-0.05, 0) is 43.7 Å². The van der Waals surface area contributed by atoms with Crippen molar-refractivity contribution in [2.24, 2.45) is 0 Å². The number of benzene rings is 1. The van der Waals surface area contributed by atoms with E-state index in [-0.39, 0.29) is 0 Å². The van der Waals surface area contributed by atoms with Crippen molar-refractivity contribution in [3.8, 4) is 5.69 Å². The van der Waals surface area contributed by atoms with Crippen molar-refractivity contribution in [3.63, 3.8) is 0 Å². The monoisotopic (exact) mass is 264 g/mol. The van der Waals surface area contributed by atoms with Crippen LogP contribution in [0.3, 0.4) is 0 Å². The summed E-state index contributed by atoms with van der Waals surface area (Å²) in [6, 6.07) is 8.03. The number of hydrogen-bond donors (Lipinski definition) is 1. The summed E-state index contributed by atoms with van der Waals surface area (Å²) in [5, 5.41) is 0. The molecule has 0 saturated heterocycles. The zero-order valence-corrected chi connectivity index (χ0v) is 10.4. The number of aromatic nitrogens is 1. The molecule has 1 aromatic heterocycles. The fraction of sp³-hybridized carbons (Fsp3) is 0.167. The highest BCUT2D eigenvalue weighted by Crippen LogP contribution is 2.24. The maximum absolute atomic E-state index is 5.96. The SMILES string of the molecule is Cc1cc(C)n(-c2cc(Br)ccc2N)c1. The quantitative estimate of drug-likeness (QED) is 0.787. The van der Waals surface area contributed by atoms with Crippen LogP contribution in [0.1, 0.15) is 11.3 Å². The molecule has 0 aliphatic carbocycles. The maximum Gasteiger partial charge on any atom is 0.0694 e. The molecule has 78 valence electrons. The van der Waals surface area contributed by atoms with Gasteiger partial charge in [-0.1, -0.05) is 15.9 Å². The Bertz CT molecular complexity index is 500. The predicted molar refractivity (Wildman–Crippen MR) is 67.4 cm³/mol. The largest absolute Gasteiger partial charge is 0.397 e. The lowest BCUT2D eigenvalue weighted by atomic mass is 10.2. The highest BCUT2D eigenvalue weighted by molar-refractivity contribution is 9.10. The third-order valence-corrected chi connectivity index (χ3v) is 2.89. The third-order valence-electron chi connectivity index (χ3n) is 2.40. The lowest BCUT2D eigenvalue weighted by Crippen LogP contribution is -1.99. The second-order valence-electron chi connectivity index (χ2n) is 3.73. The average molecular weight is 265 g/mol. The first-order valence-corrected chi connectivity index (χ1v) is 5.58. The van der Waals surface area contributed by atoms with E-state index < -0.39 is 0 Å². The minimum Gasteiger partial charge on any atom is -0.397 e. The van der Waals surface area contributed by atoms with Gasteiger partial charge in [-0.15, -0.1) is 0 Å². The van der Waals surface area contributed by atoms with E-state index in [0.717, 1.165) is 15.8 Å². The minimum absolute atomic E-state index is 0.789. The molecule has 2 rings (SSSR count). The van der Waals surface area contributed by atoms with Crippen LogP contribution in [0.25, 0.3) is 5.69 Å².